The molecule has 1 amide bonds. The van der Waals surface area contributed by atoms with Crippen molar-refractivity contribution in [3.05, 3.63) is 36.2 Å². The van der Waals surface area contributed by atoms with Gasteiger partial charge in [-0.1, -0.05) is 6.07 Å². The number of amides is 1. The monoisotopic (exact) mass is 341 g/mol. The summed E-state index contributed by atoms with van der Waals surface area (Å²) in [4.78, 5) is 23.4. The molecule has 0 spiro atoms. The average Bonchev–Trinajstić information content (AvgIpc) is 3.14. The number of piperazine rings is 1. The lowest BCUT2D eigenvalue weighted by molar-refractivity contribution is -0.118. The third-order valence-electron chi connectivity index (χ3n) is 4.35. The fourth-order valence-electron chi connectivity index (χ4n) is 2.92. The number of fused-ring (bicyclic) bond motifs is 1. The first kappa shape index (κ1) is 15.5. The molecule has 3 heterocycles. The quantitative estimate of drug-likeness (QED) is 0.816. The molecule has 1 fully saturated rings. The van der Waals surface area contributed by atoms with E-state index in [9.17, 15) is 4.79 Å². The van der Waals surface area contributed by atoms with Crippen molar-refractivity contribution in [2.45, 2.75) is 6.54 Å². The van der Waals surface area contributed by atoms with E-state index in [1.807, 2.05) is 24.3 Å². The van der Waals surface area contributed by atoms with Crippen molar-refractivity contribution >= 4 is 18.0 Å². The van der Waals surface area contributed by atoms with E-state index in [0.29, 0.717) is 19.6 Å². The normalized spacial score (nSPS) is 16.0. The van der Waals surface area contributed by atoms with Gasteiger partial charge in [-0.3, -0.25) is 4.79 Å². The Balaban J connectivity index is 1.39. The predicted octanol–water partition coefficient (Wildman–Crippen LogP) is 1.10. The third kappa shape index (κ3) is 3.42. The molecular weight excluding hydrogens is 322 g/mol. The van der Waals surface area contributed by atoms with Gasteiger partial charge in [-0.05, 0) is 17.7 Å². The topological polar surface area (TPSA) is 79.8 Å². The fraction of sp³-hybridized carbons (Fsp3) is 0.353. The number of anilines is 2. The number of carbonyl (C=O) groups excluding carboxylic acids is 1. The molecule has 0 saturated carbocycles. The average molecular weight is 341 g/mol. The van der Waals surface area contributed by atoms with Crippen LogP contribution in [-0.4, -0.2) is 54.2 Å². The van der Waals surface area contributed by atoms with E-state index in [-0.39, 0.29) is 6.79 Å². The van der Waals surface area contributed by atoms with Crippen molar-refractivity contribution in [1.82, 2.24) is 14.9 Å². The molecule has 1 saturated heterocycles. The highest BCUT2D eigenvalue weighted by Crippen LogP contribution is 2.32. The maximum Gasteiger partial charge on any atom is 0.231 e. The van der Waals surface area contributed by atoms with Crippen molar-refractivity contribution in [3.8, 4) is 11.5 Å². The molecule has 8 nitrogen and oxygen atoms in total. The standard InChI is InChI=1S/C17H19N5O3/c23-11-21-3-5-22(6-4-21)17-8-16(19-10-20-17)18-9-13-1-2-14-15(7-13)25-12-24-14/h1-2,7-8,10-11H,3-6,9,12H2,(H,18,19,20). The minimum absolute atomic E-state index is 0.277. The molecule has 0 atom stereocenters. The summed E-state index contributed by atoms with van der Waals surface area (Å²) in [6.45, 7) is 3.89. The Bertz CT molecular complexity index is 762. The minimum Gasteiger partial charge on any atom is -0.454 e. The summed E-state index contributed by atoms with van der Waals surface area (Å²) in [5.41, 5.74) is 1.09. The molecule has 0 radical (unpaired) electrons. The molecular formula is C17H19N5O3. The van der Waals surface area contributed by atoms with Gasteiger partial charge >= 0.3 is 0 Å². The zero-order valence-corrected chi connectivity index (χ0v) is 13.7. The second-order valence-corrected chi connectivity index (χ2v) is 5.93. The molecule has 1 aromatic carbocycles. The SMILES string of the molecule is O=CN1CCN(c2cc(NCc3ccc4c(c3)OCO4)ncn2)CC1. The first-order valence-corrected chi connectivity index (χ1v) is 8.20. The lowest BCUT2D eigenvalue weighted by Crippen LogP contribution is -2.46. The Morgan fingerprint density at radius 3 is 2.76 bits per heavy atom. The summed E-state index contributed by atoms with van der Waals surface area (Å²) in [5, 5.41) is 3.31. The first-order valence-electron chi connectivity index (χ1n) is 8.20. The van der Waals surface area contributed by atoms with Gasteiger partial charge in [0.2, 0.25) is 13.2 Å². The van der Waals surface area contributed by atoms with Crippen molar-refractivity contribution in [1.29, 1.82) is 0 Å². The molecule has 2 aliphatic rings. The zero-order valence-electron chi connectivity index (χ0n) is 13.7. The van der Waals surface area contributed by atoms with E-state index >= 15 is 0 Å². The highest BCUT2D eigenvalue weighted by molar-refractivity contribution is 5.52. The van der Waals surface area contributed by atoms with E-state index in [0.717, 1.165) is 48.2 Å². The number of rotatable bonds is 5. The third-order valence-corrected chi connectivity index (χ3v) is 4.35. The van der Waals surface area contributed by atoms with Crippen LogP contribution in [0, 0.1) is 0 Å². The number of ether oxygens (including phenoxy) is 2. The van der Waals surface area contributed by atoms with Crippen molar-refractivity contribution < 1.29 is 14.3 Å². The van der Waals surface area contributed by atoms with Gasteiger partial charge in [-0.25, -0.2) is 9.97 Å². The molecule has 8 heteroatoms. The fourth-order valence-corrected chi connectivity index (χ4v) is 2.92. The second kappa shape index (κ2) is 6.84. The van der Waals surface area contributed by atoms with Crippen LogP contribution >= 0.6 is 0 Å². The highest BCUT2D eigenvalue weighted by Gasteiger charge is 2.17. The van der Waals surface area contributed by atoms with Crippen molar-refractivity contribution in [2.24, 2.45) is 0 Å². The number of nitrogens with zero attached hydrogens (tertiary/aromatic N) is 4. The van der Waals surface area contributed by atoms with Crippen LogP contribution in [0.3, 0.4) is 0 Å². The molecule has 130 valence electrons. The minimum atomic E-state index is 0.277. The molecule has 0 unspecified atom stereocenters. The number of benzene rings is 1. The van der Waals surface area contributed by atoms with Crippen LogP contribution < -0.4 is 19.7 Å². The van der Waals surface area contributed by atoms with Gasteiger partial charge in [0.1, 0.15) is 18.0 Å². The lowest BCUT2D eigenvalue weighted by atomic mass is 10.2. The second-order valence-electron chi connectivity index (χ2n) is 5.93. The lowest BCUT2D eigenvalue weighted by Gasteiger charge is -2.33. The summed E-state index contributed by atoms with van der Waals surface area (Å²) in [7, 11) is 0. The number of hydrogen-bond donors (Lipinski definition) is 1. The van der Waals surface area contributed by atoms with Gasteiger partial charge in [0.25, 0.3) is 0 Å². The number of nitrogens with one attached hydrogen (secondary N) is 1. The summed E-state index contributed by atoms with van der Waals surface area (Å²) in [6, 6.07) is 7.82. The summed E-state index contributed by atoms with van der Waals surface area (Å²) < 4.78 is 10.7. The molecule has 2 aromatic rings. The van der Waals surface area contributed by atoms with Gasteiger partial charge in [0, 0.05) is 38.8 Å². The Morgan fingerprint density at radius 2 is 1.92 bits per heavy atom. The zero-order chi connectivity index (χ0) is 17.1. The van der Waals surface area contributed by atoms with Gasteiger partial charge in [0.05, 0.1) is 0 Å². The van der Waals surface area contributed by atoms with Gasteiger partial charge in [0.15, 0.2) is 11.5 Å². The van der Waals surface area contributed by atoms with E-state index in [1.165, 1.54) is 0 Å². The molecule has 0 aliphatic carbocycles. The first-order chi connectivity index (χ1) is 12.3. The van der Waals surface area contributed by atoms with Crippen LogP contribution in [0.25, 0.3) is 0 Å². The van der Waals surface area contributed by atoms with E-state index < -0.39 is 0 Å². The van der Waals surface area contributed by atoms with E-state index in [2.05, 4.69) is 20.2 Å². The van der Waals surface area contributed by atoms with Gasteiger partial charge < -0.3 is 24.6 Å². The van der Waals surface area contributed by atoms with Crippen molar-refractivity contribution in [2.75, 3.05) is 43.2 Å². The molecule has 2 aliphatic heterocycles. The highest BCUT2D eigenvalue weighted by atomic mass is 16.7. The van der Waals surface area contributed by atoms with E-state index in [4.69, 9.17) is 9.47 Å². The summed E-state index contributed by atoms with van der Waals surface area (Å²) in [5.74, 6) is 3.19. The summed E-state index contributed by atoms with van der Waals surface area (Å²) >= 11 is 0. The predicted molar refractivity (Wildman–Crippen MR) is 91.8 cm³/mol. The number of aromatic nitrogens is 2. The maximum absolute atomic E-state index is 10.8. The molecule has 4 rings (SSSR count). The molecule has 1 N–H and O–H groups in total. The Kier molecular flexibility index (Phi) is 4.24. The smallest absolute Gasteiger partial charge is 0.231 e. The van der Waals surface area contributed by atoms with Gasteiger partial charge in [-0.15, -0.1) is 0 Å². The molecule has 0 bridgehead atoms. The van der Waals surface area contributed by atoms with E-state index in [1.54, 1.807) is 11.2 Å². The molecule has 1 aromatic heterocycles. The van der Waals surface area contributed by atoms with Gasteiger partial charge in [-0.2, -0.15) is 0 Å². The van der Waals surface area contributed by atoms with Crippen LogP contribution in [0.4, 0.5) is 11.6 Å². The van der Waals surface area contributed by atoms with Crippen LogP contribution in [-0.2, 0) is 11.3 Å². The van der Waals surface area contributed by atoms with Crippen LogP contribution in [0.5, 0.6) is 11.5 Å². The number of carbonyl (C=O) groups is 1. The Labute approximate surface area is 145 Å². The van der Waals surface area contributed by atoms with Crippen molar-refractivity contribution in [3.63, 3.8) is 0 Å². The summed E-state index contributed by atoms with van der Waals surface area (Å²) in [6.07, 6.45) is 2.46. The van der Waals surface area contributed by atoms with Crippen LogP contribution in [0.15, 0.2) is 30.6 Å². The number of hydrogen-bond acceptors (Lipinski definition) is 7. The molecule has 25 heavy (non-hydrogen) atoms. The Morgan fingerprint density at radius 1 is 1.08 bits per heavy atom. The van der Waals surface area contributed by atoms with Crippen LogP contribution in [0.2, 0.25) is 0 Å². The van der Waals surface area contributed by atoms with Crippen LogP contribution in [0.1, 0.15) is 5.56 Å². The Hall–Kier alpha value is -3.03. The largest absolute Gasteiger partial charge is 0.454 e. The maximum atomic E-state index is 10.8.